The van der Waals surface area contributed by atoms with E-state index in [4.69, 9.17) is 5.11 Å². The molecule has 0 aliphatic rings. The van der Waals surface area contributed by atoms with Crippen LogP contribution in [0.15, 0.2) is 24.3 Å². The summed E-state index contributed by atoms with van der Waals surface area (Å²) in [7, 11) is 0. The Hall–Kier alpha value is -1.95. The largest absolute Gasteiger partial charge is 0.374 e. The SMILES string of the molecule is CC(O)NC(=O)c1ccccc1[N+](=O)[O-]. The van der Waals surface area contributed by atoms with Gasteiger partial charge in [-0.15, -0.1) is 0 Å². The van der Waals surface area contributed by atoms with Crippen molar-refractivity contribution in [2.24, 2.45) is 0 Å². The fourth-order valence-corrected chi connectivity index (χ4v) is 1.09. The highest BCUT2D eigenvalue weighted by molar-refractivity contribution is 5.98. The lowest BCUT2D eigenvalue weighted by atomic mass is 10.1. The molecule has 15 heavy (non-hydrogen) atoms. The lowest BCUT2D eigenvalue weighted by Crippen LogP contribution is -2.32. The number of nitro groups is 1. The van der Waals surface area contributed by atoms with Crippen LogP contribution in [0.3, 0.4) is 0 Å². The Morgan fingerprint density at radius 1 is 1.53 bits per heavy atom. The summed E-state index contributed by atoms with van der Waals surface area (Å²) in [5.74, 6) is -0.669. The predicted molar refractivity (Wildman–Crippen MR) is 52.2 cm³/mol. The minimum absolute atomic E-state index is 0.0663. The van der Waals surface area contributed by atoms with E-state index in [0.29, 0.717) is 0 Å². The normalized spacial score (nSPS) is 11.9. The molecule has 1 rings (SSSR count). The van der Waals surface area contributed by atoms with E-state index in [1.165, 1.54) is 31.2 Å². The number of hydrogen-bond donors (Lipinski definition) is 2. The summed E-state index contributed by atoms with van der Waals surface area (Å²) in [6, 6.07) is 5.55. The van der Waals surface area contributed by atoms with Crippen molar-refractivity contribution in [2.45, 2.75) is 13.2 Å². The van der Waals surface area contributed by atoms with Crippen LogP contribution in [0.2, 0.25) is 0 Å². The van der Waals surface area contributed by atoms with Gasteiger partial charge in [-0.2, -0.15) is 0 Å². The second-order valence-electron chi connectivity index (χ2n) is 2.92. The number of carbonyl (C=O) groups is 1. The molecule has 1 amide bonds. The molecule has 0 aromatic heterocycles. The number of aliphatic hydroxyl groups is 1. The molecule has 6 heteroatoms. The molecule has 1 aromatic rings. The maximum atomic E-state index is 11.4. The highest BCUT2D eigenvalue weighted by Gasteiger charge is 2.19. The first-order valence-electron chi connectivity index (χ1n) is 4.24. The van der Waals surface area contributed by atoms with E-state index in [1.807, 2.05) is 0 Å². The first kappa shape index (κ1) is 11.1. The van der Waals surface area contributed by atoms with Crippen molar-refractivity contribution in [3.63, 3.8) is 0 Å². The van der Waals surface area contributed by atoms with Gasteiger partial charge < -0.3 is 10.4 Å². The topological polar surface area (TPSA) is 92.5 Å². The summed E-state index contributed by atoms with van der Waals surface area (Å²) in [5.41, 5.74) is -0.348. The Bertz CT molecular complexity index is 389. The zero-order valence-electron chi connectivity index (χ0n) is 8.01. The fourth-order valence-electron chi connectivity index (χ4n) is 1.09. The van der Waals surface area contributed by atoms with Gasteiger partial charge >= 0.3 is 0 Å². The van der Waals surface area contributed by atoms with E-state index in [0.717, 1.165) is 0 Å². The zero-order chi connectivity index (χ0) is 11.4. The van der Waals surface area contributed by atoms with Crippen LogP contribution in [0.5, 0.6) is 0 Å². The summed E-state index contributed by atoms with van der Waals surface area (Å²) >= 11 is 0. The summed E-state index contributed by atoms with van der Waals surface area (Å²) < 4.78 is 0. The van der Waals surface area contributed by atoms with E-state index in [2.05, 4.69) is 5.32 Å². The van der Waals surface area contributed by atoms with Crippen LogP contribution >= 0.6 is 0 Å². The highest BCUT2D eigenvalue weighted by Crippen LogP contribution is 2.17. The third-order valence-electron chi connectivity index (χ3n) is 1.69. The average molecular weight is 210 g/mol. The van der Waals surface area contributed by atoms with Crippen LogP contribution in [-0.4, -0.2) is 22.2 Å². The van der Waals surface area contributed by atoms with Crippen LogP contribution in [0.1, 0.15) is 17.3 Å². The molecule has 1 atom stereocenters. The number of amides is 1. The molecule has 0 bridgehead atoms. The van der Waals surface area contributed by atoms with E-state index < -0.39 is 17.1 Å². The van der Waals surface area contributed by atoms with Crippen LogP contribution in [-0.2, 0) is 0 Å². The number of nitrogens with one attached hydrogen (secondary N) is 1. The zero-order valence-corrected chi connectivity index (χ0v) is 8.01. The molecule has 80 valence electrons. The Labute approximate surface area is 85.7 Å². The number of aliphatic hydroxyl groups excluding tert-OH is 1. The van der Waals surface area contributed by atoms with Gasteiger partial charge in [-0.3, -0.25) is 14.9 Å². The van der Waals surface area contributed by atoms with Crippen molar-refractivity contribution in [3.8, 4) is 0 Å². The Morgan fingerprint density at radius 3 is 2.67 bits per heavy atom. The molecule has 0 spiro atoms. The minimum atomic E-state index is -1.04. The molecule has 0 heterocycles. The quantitative estimate of drug-likeness (QED) is 0.435. The first-order chi connectivity index (χ1) is 7.02. The Morgan fingerprint density at radius 2 is 2.13 bits per heavy atom. The van der Waals surface area contributed by atoms with Crippen LogP contribution < -0.4 is 5.32 Å². The van der Waals surface area contributed by atoms with Gasteiger partial charge in [0.25, 0.3) is 11.6 Å². The van der Waals surface area contributed by atoms with Gasteiger partial charge in [0, 0.05) is 6.07 Å². The molecular weight excluding hydrogens is 200 g/mol. The van der Waals surface area contributed by atoms with Crippen molar-refractivity contribution in [1.82, 2.24) is 5.32 Å². The number of nitro benzene ring substituents is 1. The second-order valence-corrected chi connectivity index (χ2v) is 2.92. The Kier molecular flexibility index (Phi) is 3.35. The first-order valence-corrected chi connectivity index (χ1v) is 4.24. The number of benzene rings is 1. The number of rotatable bonds is 3. The van der Waals surface area contributed by atoms with Gasteiger partial charge in [0.05, 0.1) is 4.92 Å². The molecule has 1 aromatic carbocycles. The summed E-state index contributed by atoms with van der Waals surface area (Å²) in [6.45, 7) is 1.35. The van der Waals surface area contributed by atoms with Crippen molar-refractivity contribution in [2.75, 3.05) is 0 Å². The highest BCUT2D eigenvalue weighted by atomic mass is 16.6. The van der Waals surface area contributed by atoms with Crippen molar-refractivity contribution < 1.29 is 14.8 Å². The molecule has 0 saturated heterocycles. The second kappa shape index (κ2) is 4.52. The number of nitrogens with zero attached hydrogens (tertiary/aromatic N) is 1. The molecule has 0 fully saturated rings. The standard InChI is InChI=1S/C9H10N2O4/c1-6(12)10-9(13)7-4-2-3-5-8(7)11(14)15/h2-6,12H,1H3,(H,10,13). The van der Waals surface area contributed by atoms with Crippen LogP contribution in [0.4, 0.5) is 5.69 Å². The smallest absolute Gasteiger partial charge is 0.282 e. The molecule has 1 unspecified atom stereocenters. The van der Waals surface area contributed by atoms with Crippen molar-refractivity contribution in [3.05, 3.63) is 39.9 Å². The molecular formula is C9H10N2O4. The average Bonchev–Trinajstić information content (AvgIpc) is 2.16. The third kappa shape index (κ3) is 2.75. The summed E-state index contributed by atoms with van der Waals surface area (Å²) in [6.07, 6.45) is -1.04. The van der Waals surface area contributed by atoms with E-state index >= 15 is 0 Å². The molecule has 2 N–H and O–H groups in total. The molecule has 0 aliphatic heterocycles. The summed E-state index contributed by atoms with van der Waals surface area (Å²) in [4.78, 5) is 21.3. The van der Waals surface area contributed by atoms with E-state index in [9.17, 15) is 14.9 Å². The number of carbonyl (C=O) groups excluding carboxylic acids is 1. The van der Waals surface area contributed by atoms with Gasteiger partial charge in [0.15, 0.2) is 0 Å². The van der Waals surface area contributed by atoms with Crippen molar-refractivity contribution >= 4 is 11.6 Å². The monoisotopic (exact) mass is 210 g/mol. The molecule has 0 saturated carbocycles. The number of para-hydroxylation sites is 1. The van der Waals surface area contributed by atoms with Crippen LogP contribution in [0.25, 0.3) is 0 Å². The fraction of sp³-hybridized carbons (Fsp3) is 0.222. The van der Waals surface area contributed by atoms with Crippen LogP contribution in [0, 0.1) is 10.1 Å². The van der Waals surface area contributed by atoms with Gasteiger partial charge in [-0.05, 0) is 13.0 Å². The summed E-state index contributed by atoms with van der Waals surface area (Å²) in [5, 5.41) is 21.7. The van der Waals surface area contributed by atoms with Gasteiger partial charge in [0.2, 0.25) is 0 Å². The maximum absolute atomic E-state index is 11.4. The van der Waals surface area contributed by atoms with E-state index in [-0.39, 0.29) is 11.3 Å². The third-order valence-corrected chi connectivity index (χ3v) is 1.69. The Balaban J connectivity index is 3.03. The lowest BCUT2D eigenvalue weighted by Gasteiger charge is -2.07. The van der Waals surface area contributed by atoms with Gasteiger partial charge in [-0.25, -0.2) is 0 Å². The van der Waals surface area contributed by atoms with Crippen molar-refractivity contribution in [1.29, 1.82) is 0 Å². The molecule has 0 radical (unpaired) electrons. The van der Waals surface area contributed by atoms with Gasteiger partial charge in [0.1, 0.15) is 11.8 Å². The minimum Gasteiger partial charge on any atom is -0.374 e. The molecule has 6 nitrogen and oxygen atoms in total. The number of hydrogen-bond acceptors (Lipinski definition) is 4. The lowest BCUT2D eigenvalue weighted by molar-refractivity contribution is -0.385. The maximum Gasteiger partial charge on any atom is 0.282 e. The predicted octanol–water partition coefficient (Wildman–Crippen LogP) is 0.663. The van der Waals surface area contributed by atoms with Gasteiger partial charge in [-0.1, -0.05) is 12.1 Å². The van der Waals surface area contributed by atoms with E-state index in [1.54, 1.807) is 0 Å². The molecule has 0 aliphatic carbocycles.